The third-order valence-electron chi connectivity index (χ3n) is 4.48. The van der Waals surface area contributed by atoms with Crippen molar-refractivity contribution in [3.05, 3.63) is 30.0 Å². The number of hydrogen-bond acceptors (Lipinski definition) is 4. The Bertz CT molecular complexity index is 763. The van der Waals surface area contributed by atoms with Gasteiger partial charge in [-0.2, -0.15) is 5.10 Å². The molecular formula is C18H24N4O3. The maximum absolute atomic E-state index is 12.3. The fourth-order valence-corrected chi connectivity index (χ4v) is 3.14. The molecule has 0 radical (unpaired) electrons. The molecule has 1 N–H and O–H groups in total. The van der Waals surface area contributed by atoms with Gasteiger partial charge in [0.25, 0.3) is 0 Å². The van der Waals surface area contributed by atoms with Crippen molar-refractivity contribution in [2.75, 3.05) is 19.7 Å². The summed E-state index contributed by atoms with van der Waals surface area (Å²) in [4.78, 5) is 25.7. The van der Waals surface area contributed by atoms with Crippen molar-refractivity contribution in [1.29, 1.82) is 0 Å². The summed E-state index contributed by atoms with van der Waals surface area (Å²) in [5.41, 5.74) is 2.10. The molecule has 0 saturated carbocycles. The molecule has 1 aliphatic heterocycles. The van der Waals surface area contributed by atoms with Crippen molar-refractivity contribution in [3.8, 4) is 0 Å². The van der Waals surface area contributed by atoms with Crippen LogP contribution in [0.3, 0.4) is 0 Å². The second-order valence-electron chi connectivity index (χ2n) is 6.39. The first-order chi connectivity index (χ1) is 12.1. The number of fused-ring (bicyclic) bond motifs is 1. The Hall–Kier alpha value is -2.57. The van der Waals surface area contributed by atoms with E-state index < -0.39 is 0 Å². The van der Waals surface area contributed by atoms with Gasteiger partial charge in [0.15, 0.2) is 0 Å². The molecule has 7 nitrogen and oxygen atoms in total. The lowest BCUT2D eigenvalue weighted by atomic mass is 10.1. The molecule has 0 unspecified atom stereocenters. The monoisotopic (exact) mass is 344 g/mol. The minimum absolute atomic E-state index is 0.0545. The van der Waals surface area contributed by atoms with Crippen LogP contribution in [0.25, 0.3) is 10.9 Å². The number of carbonyl (C=O) groups excluding carboxylic acids is 2. The standard InChI is InChI=1S/C18H24N4O3/c1-3-25-18(24)21-8-6-15(7-9-21)20-17(23)12-22-16-10-13(2)4-5-14(16)11-19-22/h4-5,10-11,15H,3,6-9,12H2,1-2H3,(H,20,23). The topological polar surface area (TPSA) is 76.5 Å². The molecule has 0 atom stereocenters. The first-order valence-corrected chi connectivity index (χ1v) is 8.70. The van der Waals surface area contributed by atoms with E-state index in [1.54, 1.807) is 22.7 Å². The zero-order valence-electron chi connectivity index (χ0n) is 14.7. The summed E-state index contributed by atoms with van der Waals surface area (Å²) in [6.45, 7) is 5.61. The first-order valence-electron chi connectivity index (χ1n) is 8.70. The fraction of sp³-hybridized carbons (Fsp3) is 0.500. The number of carbonyl (C=O) groups is 2. The van der Waals surface area contributed by atoms with Crippen LogP contribution in [-0.2, 0) is 16.1 Å². The fourth-order valence-electron chi connectivity index (χ4n) is 3.14. The van der Waals surface area contributed by atoms with Crippen molar-refractivity contribution in [1.82, 2.24) is 20.0 Å². The predicted octanol–water partition coefficient (Wildman–Crippen LogP) is 2.08. The quantitative estimate of drug-likeness (QED) is 0.921. The number of piperidine rings is 1. The Kier molecular flexibility index (Phi) is 5.21. The van der Waals surface area contributed by atoms with Crippen LogP contribution in [0.2, 0.25) is 0 Å². The molecular weight excluding hydrogens is 320 g/mol. The molecule has 1 aromatic heterocycles. The maximum atomic E-state index is 12.3. The molecule has 7 heteroatoms. The lowest BCUT2D eigenvalue weighted by Crippen LogP contribution is -2.47. The van der Waals surface area contributed by atoms with E-state index in [1.807, 2.05) is 25.1 Å². The summed E-state index contributed by atoms with van der Waals surface area (Å²) >= 11 is 0. The van der Waals surface area contributed by atoms with E-state index in [1.165, 1.54) is 0 Å². The minimum atomic E-state index is -0.273. The average molecular weight is 344 g/mol. The molecule has 1 aliphatic rings. The molecule has 25 heavy (non-hydrogen) atoms. The van der Waals surface area contributed by atoms with Crippen molar-refractivity contribution in [3.63, 3.8) is 0 Å². The van der Waals surface area contributed by atoms with Gasteiger partial charge in [-0.3, -0.25) is 9.48 Å². The van der Waals surface area contributed by atoms with Gasteiger partial charge >= 0.3 is 6.09 Å². The van der Waals surface area contributed by atoms with Gasteiger partial charge < -0.3 is 15.0 Å². The molecule has 2 amide bonds. The van der Waals surface area contributed by atoms with Gasteiger partial charge in [-0.15, -0.1) is 0 Å². The molecule has 2 aromatic rings. The second-order valence-corrected chi connectivity index (χ2v) is 6.39. The zero-order chi connectivity index (χ0) is 17.8. The number of aromatic nitrogens is 2. The van der Waals surface area contributed by atoms with Crippen LogP contribution in [0.5, 0.6) is 0 Å². The van der Waals surface area contributed by atoms with E-state index in [0.717, 1.165) is 29.3 Å². The van der Waals surface area contributed by atoms with Crippen molar-refractivity contribution >= 4 is 22.9 Å². The van der Waals surface area contributed by atoms with Gasteiger partial charge in [0.05, 0.1) is 18.3 Å². The lowest BCUT2D eigenvalue weighted by molar-refractivity contribution is -0.122. The van der Waals surface area contributed by atoms with E-state index in [0.29, 0.717) is 19.7 Å². The number of ether oxygens (including phenoxy) is 1. The summed E-state index contributed by atoms with van der Waals surface area (Å²) < 4.78 is 6.73. The largest absolute Gasteiger partial charge is 0.450 e. The van der Waals surface area contributed by atoms with Crippen LogP contribution in [-0.4, -0.2) is 52.4 Å². The molecule has 1 fully saturated rings. The number of aryl methyl sites for hydroxylation is 1. The lowest BCUT2D eigenvalue weighted by Gasteiger charge is -2.31. The summed E-state index contributed by atoms with van der Waals surface area (Å²) in [6, 6.07) is 6.16. The van der Waals surface area contributed by atoms with Gasteiger partial charge in [-0.05, 0) is 38.3 Å². The Balaban J connectivity index is 1.53. The van der Waals surface area contributed by atoms with E-state index in [-0.39, 0.29) is 24.6 Å². The third kappa shape index (κ3) is 4.10. The molecule has 3 rings (SSSR count). The van der Waals surface area contributed by atoms with Crippen LogP contribution in [0, 0.1) is 6.92 Å². The summed E-state index contributed by atoms with van der Waals surface area (Å²) in [5.74, 6) is -0.0545. The first kappa shape index (κ1) is 17.3. The van der Waals surface area contributed by atoms with Crippen molar-refractivity contribution in [2.24, 2.45) is 0 Å². The van der Waals surface area contributed by atoms with E-state index in [2.05, 4.69) is 10.4 Å². The van der Waals surface area contributed by atoms with Gasteiger partial charge in [0.1, 0.15) is 6.54 Å². The number of hydrogen-bond donors (Lipinski definition) is 1. The van der Waals surface area contributed by atoms with E-state index in [9.17, 15) is 9.59 Å². The predicted molar refractivity (Wildman–Crippen MR) is 94.2 cm³/mol. The van der Waals surface area contributed by atoms with Crippen LogP contribution in [0.1, 0.15) is 25.3 Å². The highest BCUT2D eigenvalue weighted by Crippen LogP contribution is 2.16. The number of benzene rings is 1. The Morgan fingerprint density at radius 3 is 2.80 bits per heavy atom. The number of nitrogens with zero attached hydrogens (tertiary/aromatic N) is 3. The normalized spacial score (nSPS) is 15.4. The van der Waals surface area contributed by atoms with Crippen LogP contribution in [0.15, 0.2) is 24.4 Å². The van der Waals surface area contributed by atoms with Crippen LogP contribution < -0.4 is 5.32 Å². The van der Waals surface area contributed by atoms with Crippen LogP contribution >= 0.6 is 0 Å². The maximum Gasteiger partial charge on any atom is 0.409 e. The third-order valence-corrected chi connectivity index (χ3v) is 4.48. The SMILES string of the molecule is CCOC(=O)N1CCC(NC(=O)Cn2ncc3ccc(C)cc32)CC1. The van der Waals surface area contributed by atoms with Crippen LogP contribution in [0.4, 0.5) is 4.79 Å². The number of nitrogens with one attached hydrogen (secondary N) is 1. The van der Waals surface area contributed by atoms with Gasteiger partial charge in [0.2, 0.25) is 5.91 Å². The highest BCUT2D eigenvalue weighted by atomic mass is 16.6. The number of amides is 2. The Morgan fingerprint density at radius 1 is 1.32 bits per heavy atom. The molecule has 134 valence electrons. The second kappa shape index (κ2) is 7.55. The Morgan fingerprint density at radius 2 is 2.08 bits per heavy atom. The highest BCUT2D eigenvalue weighted by Gasteiger charge is 2.24. The highest BCUT2D eigenvalue weighted by molar-refractivity contribution is 5.82. The molecule has 1 aromatic carbocycles. The smallest absolute Gasteiger partial charge is 0.409 e. The van der Waals surface area contributed by atoms with Crippen molar-refractivity contribution in [2.45, 2.75) is 39.3 Å². The number of rotatable bonds is 4. The summed E-state index contributed by atoms with van der Waals surface area (Å²) in [6.07, 6.45) is 2.98. The Labute approximate surface area is 146 Å². The molecule has 0 aliphatic carbocycles. The molecule has 1 saturated heterocycles. The minimum Gasteiger partial charge on any atom is -0.450 e. The number of likely N-dealkylation sites (tertiary alicyclic amines) is 1. The zero-order valence-corrected chi connectivity index (χ0v) is 14.7. The summed E-state index contributed by atoms with van der Waals surface area (Å²) in [7, 11) is 0. The van der Waals surface area contributed by atoms with E-state index >= 15 is 0 Å². The molecule has 0 bridgehead atoms. The van der Waals surface area contributed by atoms with E-state index in [4.69, 9.17) is 4.74 Å². The molecule has 0 spiro atoms. The average Bonchev–Trinajstić information content (AvgIpc) is 2.97. The molecule has 2 heterocycles. The van der Waals surface area contributed by atoms with Crippen molar-refractivity contribution < 1.29 is 14.3 Å². The van der Waals surface area contributed by atoms with Gasteiger partial charge in [0, 0.05) is 24.5 Å². The van der Waals surface area contributed by atoms with Gasteiger partial charge in [-0.25, -0.2) is 4.79 Å². The van der Waals surface area contributed by atoms with Gasteiger partial charge in [-0.1, -0.05) is 12.1 Å². The summed E-state index contributed by atoms with van der Waals surface area (Å²) in [5, 5.41) is 8.39.